The number of nitrogens with one attached hydrogen (secondary N) is 1. The summed E-state index contributed by atoms with van der Waals surface area (Å²) in [5, 5.41) is 4.55. The van der Waals surface area contributed by atoms with Crippen molar-refractivity contribution in [1.82, 2.24) is 5.43 Å². The molecule has 3 aromatic rings. The number of hydrogen-bond acceptors (Lipinski definition) is 5. The van der Waals surface area contributed by atoms with Gasteiger partial charge in [0.05, 0.1) is 35.4 Å². The van der Waals surface area contributed by atoms with Crippen LogP contribution in [0.3, 0.4) is 0 Å². The summed E-state index contributed by atoms with van der Waals surface area (Å²) in [7, 11) is 1.45. The van der Waals surface area contributed by atoms with E-state index >= 15 is 0 Å². The van der Waals surface area contributed by atoms with Gasteiger partial charge in [-0.3, -0.25) is 4.79 Å². The topological polar surface area (TPSA) is 77.0 Å². The SMILES string of the molecule is COc1cc(/C=N\NC(=O)Cc2ccccc2)ccc1OC(=O)c1ccc(Cl)c(Cl)c1. The van der Waals surface area contributed by atoms with Crippen LogP contribution in [0.15, 0.2) is 71.8 Å². The van der Waals surface area contributed by atoms with Gasteiger partial charge in [0.2, 0.25) is 5.91 Å². The molecule has 0 fully saturated rings. The minimum Gasteiger partial charge on any atom is -0.493 e. The fourth-order valence-electron chi connectivity index (χ4n) is 2.63. The molecule has 8 heteroatoms. The van der Waals surface area contributed by atoms with E-state index in [1.165, 1.54) is 31.5 Å². The lowest BCUT2D eigenvalue weighted by atomic mass is 10.1. The molecule has 6 nitrogen and oxygen atoms in total. The van der Waals surface area contributed by atoms with Crippen molar-refractivity contribution < 1.29 is 19.1 Å². The molecule has 0 aliphatic heterocycles. The first-order chi connectivity index (χ1) is 15.0. The van der Waals surface area contributed by atoms with Crippen molar-refractivity contribution in [3.8, 4) is 11.5 Å². The number of esters is 1. The van der Waals surface area contributed by atoms with E-state index in [1.54, 1.807) is 18.2 Å². The summed E-state index contributed by atoms with van der Waals surface area (Å²) in [4.78, 5) is 24.3. The van der Waals surface area contributed by atoms with Gasteiger partial charge in [-0.2, -0.15) is 5.10 Å². The molecule has 1 N–H and O–H groups in total. The van der Waals surface area contributed by atoms with Crippen LogP contribution in [0.5, 0.6) is 11.5 Å². The fraction of sp³-hybridized carbons (Fsp3) is 0.0870. The van der Waals surface area contributed by atoms with Gasteiger partial charge in [-0.25, -0.2) is 10.2 Å². The minimum atomic E-state index is -0.605. The normalized spacial score (nSPS) is 10.7. The summed E-state index contributed by atoms with van der Waals surface area (Å²) in [5.41, 5.74) is 4.27. The van der Waals surface area contributed by atoms with E-state index in [2.05, 4.69) is 10.5 Å². The highest BCUT2D eigenvalue weighted by Gasteiger charge is 2.14. The van der Waals surface area contributed by atoms with Crippen LogP contribution in [0, 0.1) is 0 Å². The van der Waals surface area contributed by atoms with Crippen LogP contribution in [0.4, 0.5) is 0 Å². The van der Waals surface area contributed by atoms with Gasteiger partial charge in [-0.1, -0.05) is 53.5 Å². The van der Waals surface area contributed by atoms with Gasteiger partial charge in [0, 0.05) is 0 Å². The number of hydrogen-bond donors (Lipinski definition) is 1. The highest BCUT2D eigenvalue weighted by atomic mass is 35.5. The summed E-state index contributed by atoms with van der Waals surface area (Å²) in [6.45, 7) is 0. The van der Waals surface area contributed by atoms with E-state index in [1.807, 2.05) is 30.3 Å². The van der Waals surface area contributed by atoms with E-state index in [9.17, 15) is 9.59 Å². The standard InChI is InChI=1S/C23H18Cl2N2O4/c1-30-21-11-16(14-26-27-22(28)12-15-5-3-2-4-6-15)7-10-20(21)31-23(29)17-8-9-18(24)19(25)13-17/h2-11,13-14H,12H2,1H3,(H,27,28)/b26-14-. The van der Waals surface area contributed by atoms with Crippen LogP contribution < -0.4 is 14.9 Å². The lowest BCUT2D eigenvalue weighted by Gasteiger charge is -2.10. The van der Waals surface area contributed by atoms with Crippen molar-refractivity contribution in [2.24, 2.45) is 5.10 Å². The van der Waals surface area contributed by atoms with Crippen LogP contribution in [0.2, 0.25) is 10.0 Å². The van der Waals surface area contributed by atoms with Crippen LogP contribution in [0.1, 0.15) is 21.5 Å². The Morgan fingerprint density at radius 3 is 2.45 bits per heavy atom. The Labute approximate surface area is 189 Å². The van der Waals surface area contributed by atoms with Gasteiger partial charge in [-0.05, 0) is 47.5 Å². The summed E-state index contributed by atoms with van der Waals surface area (Å²) < 4.78 is 10.7. The van der Waals surface area contributed by atoms with Crippen molar-refractivity contribution in [2.45, 2.75) is 6.42 Å². The molecule has 0 saturated heterocycles. The number of amides is 1. The predicted octanol–water partition coefficient (Wildman–Crippen LogP) is 4.91. The molecule has 0 atom stereocenters. The lowest BCUT2D eigenvalue weighted by molar-refractivity contribution is -0.120. The highest BCUT2D eigenvalue weighted by Crippen LogP contribution is 2.29. The van der Waals surface area contributed by atoms with Crippen molar-refractivity contribution >= 4 is 41.3 Å². The van der Waals surface area contributed by atoms with E-state index in [4.69, 9.17) is 32.7 Å². The lowest BCUT2D eigenvalue weighted by Crippen LogP contribution is -2.19. The molecule has 158 valence electrons. The molecule has 0 unspecified atom stereocenters. The largest absolute Gasteiger partial charge is 0.493 e. The molecule has 0 aliphatic carbocycles. The Morgan fingerprint density at radius 2 is 1.74 bits per heavy atom. The summed E-state index contributed by atoms with van der Waals surface area (Å²) >= 11 is 11.8. The quantitative estimate of drug-likeness (QED) is 0.237. The molecule has 0 aromatic heterocycles. The minimum absolute atomic E-state index is 0.226. The zero-order valence-electron chi connectivity index (χ0n) is 16.5. The maximum atomic E-state index is 12.4. The Morgan fingerprint density at radius 1 is 0.968 bits per heavy atom. The van der Waals surface area contributed by atoms with Gasteiger partial charge in [-0.15, -0.1) is 0 Å². The number of nitrogens with zero attached hydrogens (tertiary/aromatic N) is 1. The second-order valence-electron chi connectivity index (χ2n) is 6.38. The van der Waals surface area contributed by atoms with E-state index < -0.39 is 5.97 Å². The number of benzene rings is 3. The molecule has 31 heavy (non-hydrogen) atoms. The average Bonchev–Trinajstić information content (AvgIpc) is 2.77. The molecular weight excluding hydrogens is 439 g/mol. The number of carbonyl (C=O) groups is 2. The second kappa shape index (κ2) is 10.6. The van der Waals surface area contributed by atoms with Crippen molar-refractivity contribution in [3.05, 3.63) is 93.5 Å². The van der Waals surface area contributed by atoms with Gasteiger partial charge in [0.1, 0.15) is 0 Å². The Hall–Kier alpha value is -3.35. The second-order valence-corrected chi connectivity index (χ2v) is 7.20. The number of ether oxygens (including phenoxy) is 2. The molecule has 3 aromatic carbocycles. The first-order valence-electron chi connectivity index (χ1n) is 9.17. The Kier molecular flexibility index (Phi) is 7.65. The third-order valence-electron chi connectivity index (χ3n) is 4.16. The van der Waals surface area contributed by atoms with Crippen LogP contribution in [-0.4, -0.2) is 25.2 Å². The van der Waals surface area contributed by atoms with E-state index in [0.29, 0.717) is 16.3 Å². The fourth-order valence-corrected chi connectivity index (χ4v) is 2.93. The van der Waals surface area contributed by atoms with Crippen LogP contribution in [0.25, 0.3) is 0 Å². The Balaban J connectivity index is 1.63. The highest BCUT2D eigenvalue weighted by molar-refractivity contribution is 6.42. The molecule has 0 heterocycles. The monoisotopic (exact) mass is 456 g/mol. The van der Waals surface area contributed by atoms with E-state index in [0.717, 1.165) is 5.56 Å². The average molecular weight is 457 g/mol. The molecule has 0 aliphatic rings. The van der Waals surface area contributed by atoms with Crippen molar-refractivity contribution in [3.63, 3.8) is 0 Å². The molecule has 0 bridgehead atoms. The number of hydrazone groups is 1. The zero-order chi connectivity index (χ0) is 22.2. The number of rotatable bonds is 7. The number of methoxy groups -OCH3 is 1. The predicted molar refractivity (Wildman–Crippen MR) is 120 cm³/mol. The molecule has 0 saturated carbocycles. The maximum Gasteiger partial charge on any atom is 0.343 e. The summed E-state index contributed by atoms with van der Waals surface area (Å²) in [6, 6.07) is 18.7. The number of halogens is 2. The van der Waals surface area contributed by atoms with Crippen molar-refractivity contribution in [1.29, 1.82) is 0 Å². The smallest absolute Gasteiger partial charge is 0.343 e. The molecule has 1 amide bonds. The van der Waals surface area contributed by atoms with Gasteiger partial charge >= 0.3 is 5.97 Å². The molecule has 3 rings (SSSR count). The third-order valence-corrected chi connectivity index (χ3v) is 4.90. The van der Waals surface area contributed by atoms with Crippen LogP contribution >= 0.6 is 23.2 Å². The molecular formula is C23H18Cl2N2O4. The van der Waals surface area contributed by atoms with Gasteiger partial charge < -0.3 is 9.47 Å². The van der Waals surface area contributed by atoms with E-state index in [-0.39, 0.29) is 28.7 Å². The third kappa shape index (κ3) is 6.31. The molecule has 0 spiro atoms. The summed E-state index contributed by atoms with van der Waals surface area (Å²) in [6.07, 6.45) is 1.70. The summed E-state index contributed by atoms with van der Waals surface area (Å²) in [5.74, 6) is -0.287. The van der Waals surface area contributed by atoms with Crippen molar-refractivity contribution in [2.75, 3.05) is 7.11 Å². The first-order valence-corrected chi connectivity index (χ1v) is 9.93. The Bertz CT molecular complexity index is 1120. The maximum absolute atomic E-state index is 12.4. The van der Waals surface area contributed by atoms with Gasteiger partial charge in [0.15, 0.2) is 11.5 Å². The zero-order valence-corrected chi connectivity index (χ0v) is 18.0. The first kappa shape index (κ1) is 22.3. The van der Waals surface area contributed by atoms with Gasteiger partial charge in [0.25, 0.3) is 0 Å². The van der Waals surface area contributed by atoms with Crippen LogP contribution in [-0.2, 0) is 11.2 Å². The number of carbonyl (C=O) groups excluding carboxylic acids is 2. The molecule has 0 radical (unpaired) electrons.